The van der Waals surface area contributed by atoms with Gasteiger partial charge < -0.3 is 14.2 Å². The van der Waals surface area contributed by atoms with Gasteiger partial charge in [0.1, 0.15) is 13.2 Å². The lowest BCUT2D eigenvalue weighted by Gasteiger charge is -2.18. The second-order valence-corrected chi connectivity index (χ2v) is 17.8. The van der Waals surface area contributed by atoms with Gasteiger partial charge in [0.2, 0.25) is 0 Å². The molecule has 0 fully saturated rings. The van der Waals surface area contributed by atoms with E-state index in [0.29, 0.717) is 19.3 Å². The third kappa shape index (κ3) is 47.1. The first-order valence-electron chi connectivity index (χ1n) is 26.2. The lowest BCUT2D eigenvalue weighted by Crippen LogP contribution is -2.30. The van der Waals surface area contributed by atoms with E-state index in [2.05, 4.69) is 32.9 Å². The average molecular weight is 833 g/mol. The van der Waals surface area contributed by atoms with E-state index in [1.54, 1.807) is 0 Å². The van der Waals surface area contributed by atoms with E-state index in [1.807, 2.05) is 0 Å². The normalized spacial score (nSPS) is 12.0. The fourth-order valence-corrected chi connectivity index (χ4v) is 7.79. The molecule has 0 rings (SSSR count). The molecule has 348 valence electrons. The summed E-state index contributed by atoms with van der Waals surface area (Å²) < 4.78 is 16.8. The Morgan fingerprint density at radius 2 is 0.559 bits per heavy atom. The molecular formula is C53H100O6. The summed E-state index contributed by atoms with van der Waals surface area (Å²) in [4.78, 5) is 37.9. The summed E-state index contributed by atoms with van der Waals surface area (Å²) in [6, 6.07) is 0. The molecule has 0 aliphatic rings. The monoisotopic (exact) mass is 833 g/mol. The van der Waals surface area contributed by atoms with Gasteiger partial charge in [0, 0.05) is 19.3 Å². The lowest BCUT2D eigenvalue weighted by atomic mass is 10.0. The van der Waals surface area contributed by atoms with Gasteiger partial charge in [-0.25, -0.2) is 0 Å². The largest absolute Gasteiger partial charge is 0.462 e. The Hall–Kier alpha value is -1.85. The van der Waals surface area contributed by atoms with Crippen LogP contribution < -0.4 is 0 Å². The minimum absolute atomic E-state index is 0.0659. The average Bonchev–Trinajstić information content (AvgIpc) is 3.23. The third-order valence-corrected chi connectivity index (χ3v) is 11.8. The van der Waals surface area contributed by atoms with Crippen molar-refractivity contribution in [2.75, 3.05) is 13.2 Å². The molecule has 0 saturated heterocycles. The number of ether oxygens (including phenoxy) is 3. The Balaban J connectivity index is 4.30. The van der Waals surface area contributed by atoms with Crippen LogP contribution in [-0.4, -0.2) is 37.2 Å². The van der Waals surface area contributed by atoms with Crippen LogP contribution in [0, 0.1) is 0 Å². The van der Waals surface area contributed by atoms with Crippen molar-refractivity contribution in [3.8, 4) is 0 Å². The first kappa shape index (κ1) is 57.1. The number of hydrogen-bond acceptors (Lipinski definition) is 6. The van der Waals surface area contributed by atoms with Gasteiger partial charge in [-0.2, -0.15) is 0 Å². The van der Waals surface area contributed by atoms with Crippen LogP contribution in [0.15, 0.2) is 12.2 Å². The van der Waals surface area contributed by atoms with E-state index in [9.17, 15) is 14.4 Å². The molecule has 6 nitrogen and oxygen atoms in total. The highest BCUT2D eigenvalue weighted by molar-refractivity contribution is 5.71. The molecule has 59 heavy (non-hydrogen) atoms. The maximum Gasteiger partial charge on any atom is 0.306 e. The van der Waals surface area contributed by atoms with Gasteiger partial charge in [-0.1, -0.05) is 238 Å². The summed E-state index contributed by atoms with van der Waals surface area (Å²) in [6.45, 7) is 6.65. The van der Waals surface area contributed by atoms with Crippen LogP contribution in [0.1, 0.15) is 290 Å². The zero-order valence-electron chi connectivity index (χ0n) is 39.8. The minimum Gasteiger partial charge on any atom is -0.462 e. The number of allylic oxidation sites excluding steroid dienone is 2. The number of unbranched alkanes of at least 4 members (excludes halogenated alkanes) is 35. The topological polar surface area (TPSA) is 78.9 Å². The molecule has 0 aromatic heterocycles. The highest BCUT2D eigenvalue weighted by Gasteiger charge is 2.19. The molecule has 6 heteroatoms. The lowest BCUT2D eigenvalue weighted by molar-refractivity contribution is -0.167. The van der Waals surface area contributed by atoms with Crippen molar-refractivity contribution >= 4 is 17.9 Å². The van der Waals surface area contributed by atoms with Crippen LogP contribution in [0.25, 0.3) is 0 Å². The molecule has 0 saturated carbocycles. The minimum atomic E-state index is -0.764. The molecule has 0 aliphatic heterocycles. The summed E-state index contributed by atoms with van der Waals surface area (Å²) in [5.41, 5.74) is 0. The van der Waals surface area contributed by atoms with Crippen LogP contribution >= 0.6 is 0 Å². The molecule has 1 unspecified atom stereocenters. The number of carbonyl (C=O) groups is 3. The standard InChI is InChI=1S/C53H100O6/c1-4-7-10-13-16-19-22-24-26-28-31-33-36-39-42-45-51(54)57-48-50(59-53(56)47-44-41-38-35-30-21-18-15-12-9-6-3)49-58-52(55)46-43-40-37-34-32-29-27-25-23-20-17-14-11-8-5-2/h19,22,50H,4-18,20-21,23-49H2,1-3H3. The van der Waals surface area contributed by atoms with Crippen molar-refractivity contribution in [1.29, 1.82) is 0 Å². The van der Waals surface area contributed by atoms with Gasteiger partial charge in [0.25, 0.3) is 0 Å². The Bertz CT molecular complexity index is 916. The van der Waals surface area contributed by atoms with E-state index in [4.69, 9.17) is 14.2 Å². The maximum absolute atomic E-state index is 12.8. The van der Waals surface area contributed by atoms with E-state index in [0.717, 1.165) is 57.8 Å². The van der Waals surface area contributed by atoms with Crippen LogP contribution in [-0.2, 0) is 28.6 Å². The molecular weight excluding hydrogens is 733 g/mol. The number of esters is 3. The van der Waals surface area contributed by atoms with Crippen LogP contribution in [0.3, 0.4) is 0 Å². The first-order chi connectivity index (χ1) is 29.0. The Labute approximate surface area is 367 Å². The molecule has 0 aliphatic carbocycles. The Morgan fingerprint density at radius 1 is 0.322 bits per heavy atom. The van der Waals surface area contributed by atoms with Gasteiger partial charge in [-0.05, 0) is 44.9 Å². The highest BCUT2D eigenvalue weighted by Crippen LogP contribution is 2.16. The number of rotatable bonds is 48. The fourth-order valence-electron chi connectivity index (χ4n) is 7.79. The zero-order valence-corrected chi connectivity index (χ0v) is 39.8. The van der Waals surface area contributed by atoms with Crippen LogP contribution in [0.5, 0.6) is 0 Å². The number of carbonyl (C=O) groups excluding carboxylic acids is 3. The van der Waals surface area contributed by atoms with Crippen molar-refractivity contribution in [3.63, 3.8) is 0 Å². The van der Waals surface area contributed by atoms with Crippen molar-refractivity contribution in [1.82, 2.24) is 0 Å². The van der Waals surface area contributed by atoms with E-state index >= 15 is 0 Å². The van der Waals surface area contributed by atoms with Gasteiger partial charge in [-0.15, -0.1) is 0 Å². The molecule has 0 N–H and O–H groups in total. The van der Waals surface area contributed by atoms with Gasteiger partial charge in [-0.3, -0.25) is 14.4 Å². The van der Waals surface area contributed by atoms with Crippen LogP contribution in [0.4, 0.5) is 0 Å². The second-order valence-electron chi connectivity index (χ2n) is 17.8. The molecule has 0 heterocycles. The molecule has 0 aromatic carbocycles. The second kappa shape index (κ2) is 48.8. The van der Waals surface area contributed by atoms with Gasteiger partial charge in [0.15, 0.2) is 6.10 Å². The summed E-state index contributed by atoms with van der Waals surface area (Å²) >= 11 is 0. The molecule has 0 aromatic rings. The summed E-state index contributed by atoms with van der Waals surface area (Å²) in [7, 11) is 0. The molecule has 1 atom stereocenters. The maximum atomic E-state index is 12.8. The summed E-state index contributed by atoms with van der Waals surface area (Å²) in [5, 5.41) is 0. The smallest absolute Gasteiger partial charge is 0.306 e. The zero-order chi connectivity index (χ0) is 43.0. The quantitative estimate of drug-likeness (QED) is 0.0263. The molecule has 0 amide bonds. The van der Waals surface area contributed by atoms with Gasteiger partial charge >= 0.3 is 17.9 Å². The summed E-state index contributed by atoms with van der Waals surface area (Å²) in [6.07, 6.45) is 53.3. The highest BCUT2D eigenvalue weighted by atomic mass is 16.6. The SMILES string of the molecule is CCCCCCC=CCCCCCCCCCC(=O)OCC(COC(=O)CCCCCCCCCCCCCCCCC)OC(=O)CCCCCCCCCCCCC. The Kier molecular flexibility index (Phi) is 47.3. The molecule has 0 bridgehead atoms. The van der Waals surface area contributed by atoms with Crippen molar-refractivity contribution < 1.29 is 28.6 Å². The predicted octanol–water partition coefficient (Wildman–Crippen LogP) is 17.0. The van der Waals surface area contributed by atoms with E-state index in [-0.39, 0.29) is 31.1 Å². The first-order valence-corrected chi connectivity index (χ1v) is 26.2. The van der Waals surface area contributed by atoms with Gasteiger partial charge in [0.05, 0.1) is 0 Å². The Morgan fingerprint density at radius 3 is 0.864 bits per heavy atom. The summed E-state index contributed by atoms with van der Waals surface area (Å²) in [5.74, 6) is -0.854. The number of hydrogen-bond donors (Lipinski definition) is 0. The fraction of sp³-hybridized carbons (Fsp3) is 0.906. The predicted molar refractivity (Wildman–Crippen MR) is 252 cm³/mol. The van der Waals surface area contributed by atoms with E-state index < -0.39 is 6.10 Å². The molecule has 0 spiro atoms. The van der Waals surface area contributed by atoms with Crippen molar-refractivity contribution in [3.05, 3.63) is 12.2 Å². The third-order valence-electron chi connectivity index (χ3n) is 11.8. The van der Waals surface area contributed by atoms with Crippen LogP contribution in [0.2, 0.25) is 0 Å². The molecule has 0 radical (unpaired) electrons. The van der Waals surface area contributed by atoms with Crippen molar-refractivity contribution in [2.45, 2.75) is 297 Å². The van der Waals surface area contributed by atoms with E-state index in [1.165, 1.54) is 193 Å². The van der Waals surface area contributed by atoms with Crippen molar-refractivity contribution in [2.24, 2.45) is 0 Å².